The zero-order valence-corrected chi connectivity index (χ0v) is 15.7. The van der Waals surface area contributed by atoms with Gasteiger partial charge in [-0.25, -0.2) is 0 Å². The standard InChI is InChI=1S/C19H28N2O3S/c1-2-3-6-14-8-10-15(11-9-14)13-24-19(23)17(18(22)21-25)16-7-4-5-12-20-16/h4-5,7,12,14-15,17,25H,2-3,6,8-11,13H2,1H3,(H,21,22). The maximum atomic E-state index is 12.4. The molecule has 1 aliphatic carbocycles. The highest BCUT2D eigenvalue weighted by Gasteiger charge is 2.32. The molecule has 1 aromatic heterocycles. The Labute approximate surface area is 155 Å². The minimum Gasteiger partial charge on any atom is -0.465 e. The molecular weight excluding hydrogens is 336 g/mol. The average molecular weight is 365 g/mol. The van der Waals surface area contributed by atoms with Gasteiger partial charge in [0.15, 0.2) is 5.92 Å². The van der Waals surface area contributed by atoms with Gasteiger partial charge in [-0.15, -0.1) is 0 Å². The largest absolute Gasteiger partial charge is 0.465 e. The van der Waals surface area contributed by atoms with Crippen LogP contribution < -0.4 is 4.72 Å². The number of esters is 1. The number of aromatic nitrogens is 1. The van der Waals surface area contributed by atoms with E-state index in [-0.39, 0.29) is 0 Å². The minimum absolute atomic E-state index is 0.377. The van der Waals surface area contributed by atoms with Crippen molar-refractivity contribution in [2.24, 2.45) is 11.8 Å². The van der Waals surface area contributed by atoms with Crippen LogP contribution in [0, 0.1) is 11.8 Å². The molecule has 0 radical (unpaired) electrons. The third-order valence-corrected chi connectivity index (χ3v) is 5.21. The normalized spacial score (nSPS) is 21.4. The zero-order valence-electron chi connectivity index (χ0n) is 14.8. The van der Waals surface area contributed by atoms with Crippen molar-refractivity contribution in [2.45, 2.75) is 57.8 Å². The van der Waals surface area contributed by atoms with Gasteiger partial charge in [0.05, 0.1) is 12.3 Å². The Morgan fingerprint density at radius 3 is 2.60 bits per heavy atom. The topological polar surface area (TPSA) is 68.3 Å². The van der Waals surface area contributed by atoms with Crippen LogP contribution in [0.1, 0.15) is 63.5 Å². The number of hydrogen-bond donors (Lipinski definition) is 2. The number of carbonyl (C=O) groups is 2. The van der Waals surface area contributed by atoms with Crippen LogP contribution in [0.2, 0.25) is 0 Å². The highest BCUT2D eigenvalue weighted by Crippen LogP contribution is 2.32. The quantitative estimate of drug-likeness (QED) is 0.420. The van der Waals surface area contributed by atoms with E-state index in [1.54, 1.807) is 24.4 Å². The first kappa shape index (κ1) is 19.8. The molecular formula is C19H28N2O3S. The number of thiol groups is 1. The van der Waals surface area contributed by atoms with Crippen molar-refractivity contribution in [1.82, 2.24) is 9.71 Å². The van der Waals surface area contributed by atoms with E-state index >= 15 is 0 Å². The SMILES string of the molecule is CCCCC1CCC(COC(=O)C(C(=O)NS)c2ccccn2)CC1. The molecule has 0 spiro atoms. The van der Waals surface area contributed by atoms with Crippen LogP contribution in [0.15, 0.2) is 24.4 Å². The number of pyridine rings is 1. The monoisotopic (exact) mass is 364 g/mol. The van der Waals surface area contributed by atoms with Crippen molar-refractivity contribution in [3.63, 3.8) is 0 Å². The Balaban J connectivity index is 1.85. The van der Waals surface area contributed by atoms with Crippen LogP contribution in [0.3, 0.4) is 0 Å². The van der Waals surface area contributed by atoms with Crippen LogP contribution in [-0.2, 0) is 14.3 Å². The van der Waals surface area contributed by atoms with Gasteiger partial charge in [-0.3, -0.25) is 14.6 Å². The molecule has 1 saturated carbocycles. The fourth-order valence-corrected chi connectivity index (χ4v) is 3.57. The molecule has 1 aliphatic rings. The van der Waals surface area contributed by atoms with Crippen LogP contribution in [-0.4, -0.2) is 23.5 Å². The Kier molecular flexibility index (Phi) is 8.25. The lowest BCUT2D eigenvalue weighted by Crippen LogP contribution is -2.32. The second-order valence-electron chi connectivity index (χ2n) is 6.82. The van der Waals surface area contributed by atoms with E-state index in [4.69, 9.17) is 4.74 Å². The molecule has 25 heavy (non-hydrogen) atoms. The Hall–Kier alpha value is -1.56. The third-order valence-electron chi connectivity index (χ3n) is 4.99. The lowest BCUT2D eigenvalue weighted by Gasteiger charge is -2.28. The molecule has 1 heterocycles. The summed E-state index contributed by atoms with van der Waals surface area (Å²) in [5.41, 5.74) is 0.377. The van der Waals surface area contributed by atoms with E-state index in [0.717, 1.165) is 18.8 Å². The molecule has 1 unspecified atom stereocenters. The van der Waals surface area contributed by atoms with Gasteiger partial charge in [-0.05, 0) is 36.8 Å². The van der Waals surface area contributed by atoms with E-state index in [0.29, 0.717) is 18.2 Å². The summed E-state index contributed by atoms with van der Waals surface area (Å²) in [6, 6.07) is 5.13. The number of hydrogen-bond acceptors (Lipinski definition) is 5. The van der Waals surface area contributed by atoms with E-state index in [9.17, 15) is 9.59 Å². The van der Waals surface area contributed by atoms with Gasteiger partial charge in [0.1, 0.15) is 0 Å². The number of ether oxygens (including phenoxy) is 1. The van der Waals surface area contributed by atoms with Gasteiger partial charge in [0.2, 0.25) is 5.91 Å². The minimum atomic E-state index is -1.07. The maximum absolute atomic E-state index is 12.4. The fraction of sp³-hybridized carbons (Fsp3) is 0.632. The zero-order chi connectivity index (χ0) is 18.1. The summed E-state index contributed by atoms with van der Waals surface area (Å²) in [5, 5.41) is 0. The van der Waals surface area contributed by atoms with Crippen molar-refractivity contribution in [3.05, 3.63) is 30.1 Å². The molecule has 5 nitrogen and oxygen atoms in total. The number of unbranched alkanes of at least 4 members (excludes halogenated alkanes) is 1. The van der Waals surface area contributed by atoms with E-state index in [1.165, 1.54) is 32.1 Å². The smallest absolute Gasteiger partial charge is 0.324 e. The molecule has 1 atom stereocenters. The van der Waals surface area contributed by atoms with Crippen LogP contribution in [0.5, 0.6) is 0 Å². The van der Waals surface area contributed by atoms with Crippen LogP contribution >= 0.6 is 12.8 Å². The van der Waals surface area contributed by atoms with Crippen molar-refractivity contribution in [1.29, 1.82) is 0 Å². The first-order valence-electron chi connectivity index (χ1n) is 9.17. The van der Waals surface area contributed by atoms with E-state index in [2.05, 4.69) is 29.4 Å². The summed E-state index contributed by atoms with van der Waals surface area (Å²) in [6.07, 6.45) is 10.0. The van der Waals surface area contributed by atoms with Crippen molar-refractivity contribution < 1.29 is 14.3 Å². The van der Waals surface area contributed by atoms with E-state index in [1.807, 2.05) is 0 Å². The highest BCUT2D eigenvalue weighted by atomic mass is 32.1. The number of rotatable bonds is 8. The van der Waals surface area contributed by atoms with Crippen molar-refractivity contribution in [3.8, 4) is 0 Å². The van der Waals surface area contributed by atoms with Gasteiger partial charge in [-0.2, -0.15) is 0 Å². The number of carbonyl (C=O) groups excluding carboxylic acids is 2. The molecule has 0 aromatic carbocycles. The molecule has 1 N–H and O–H groups in total. The molecule has 0 bridgehead atoms. The maximum Gasteiger partial charge on any atom is 0.324 e. The summed E-state index contributed by atoms with van der Waals surface area (Å²) >= 11 is 3.77. The van der Waals surface area contributed by atoms with Crippen LogP contribution in [0.25, 0.3) is 0 Å². The number of amides is 1. The molecule has 0 saturated heterocycles. The number of nitrogens with zero attached hydrogens (tertiary/aromatic N) is 1. The van der Waals surface area contributed by atoms with Gasteiger partial charge in [0.25, 0.3) is 0 Å². The first-order chi connectivity index (χ1) is 12.2. The lowest BCUT2D eigenvalue weighted by molar-refractivity contribution is -0.150. The van der Waals surface area contributed by atoms with E-state index < -0.39 is 17.8 Å². The van der Waals surface area contributed by atoms with Gasteiger partial charge < -0.3 is 9.46 Å². The lowest BCUT2D eigenvalue weighted by atomic mass is 9.80. The van der Waals surface area contributed by atoms with Gasteiger partial charge in [-0.1, -0.05) is 57.9 Å². The fourth-order valence-electron chi connectivity index (χ4n) is 3.44. The van der Waals surface area contributed by atoms with Crippen molar-refractivity contribution >= 4 is 24.7 Å². The van der Waals surface area contributed by atoms with Crippen molar-refractivity contribution in [2.75, 3.05) is 6.61 Å². The Morgan fingerprint density at radius 1 is 1.28 bits per heavy atom. The summed E-state index contributed by atoms with van der Waals surface area (Å²) < 4.78 is 7.69. The molecule has 2 rings (SSSR count). The number of nitrogens with one attached hydrogen (secondary N) is 1. The molecule has 6 heteroatoms. The molecule has 1 fully saturated rings. The summed E-state index contributed by atoms with van der Waals surface area (Å²) in [6.45, 7) is 2.60. The summed E-state index contributed by atoms with van der Waals surface area (Å²) in [7, 11) is 0. The van der Waals surface area contributed by atoms with Gasteiger partial charge >= 0.3 is 5.97 Å². The summed E-state index contributed by atoms with van der Waals surface area (Å²) in [5.74, 6) is -0.929. The van der Waals surface area contributed by atoms with Crippen LogP contribution in [0.4, 0.5) is 0 Å². The molecule has 1 aromatic rings. The predicted octanol–water partition coefficient (Wildman–Crippen LogP) is 3.67. The average Bonchev–Trinajstić information content (AvgIpc) is 2.66. The highest BCUT2D eigenvalue weighted by molar-refractivity contribution is 7.78. The first-order valence-corrected chi connectivity index (χ1v) is 9.61. The molecule has 1 amide bonds. The Bertz CT molecular complexity index is 545. The predicted molar refractivity (Wildman–Crippen MR) is 100 cm³/mol. The Morgan fingerprint density at radius 2 is 2.00 bits per heavy atom. The second kappa shape index (κ2) is 10.4. The summed E-state index contributed by atoms with van der Waals surface area (Å²) in [4.78, 5) is 28.6. The second-order valence-corrected chi connectivity index (χ2v) is 7.05. The van der Waals surface area contributed by atoms with Gasteiger partial charge in [0, 0.05) is 6.20 Å². The third kappa shape index (κ3) is 6.03. The molecule has 138 valence electrons. The molecule has 0 aliphatic heterocycles.